The quantitative estimate of drug-likeness (QED) is 0.655. The molecular formula is C18H18O5. The summed E-state index contributed by atoms with van der Waals surface area (Å²) in [7, 11) is 1.54. The molecule has 0 aliphatic heterocycles. The minimum absolute atomic E-state index is 0.0955. The maximum atomic E-state index is 12.3. The number of aliphatic hydroxyl groups excluding tert-OH is 1. The van der Waals surface area contributed by atoms with Gasteiger partial charge in [-0.15, -0.1) is 0 Å². The molecule has 0 bridgehead atoms. The van der Waals surface area contributed by atoms with Gasteiger partial charge >= 0.3 is 5.97 Å². The number of hydrogen-bond acceptors (Lipinski definition) is 5. The van der Waals surface area contributed by atoms with Crippen molar-refractivity contribution in [2.75, 3.05) is 7.11 Å². The standard InChI is InChI=1S/C18H18O5/c1-12(17(20)14-7-9-16(22-2)10-8-14)23-18(21)15-5-3-13(11-19)4-6-15/h3-10,12,19H,11H2,1-2H3/t12-/m1/s1. The molecule has 0 heterocycles. The maximum Gasteiger partial charge on any atom is 0.338 e. The minimum Gasteiger partial charge on any atom is -0.497 e. The first kappa shape index (κ1) is 16.7. The predicted octanol–water partition coefficient (Wildman–Crippen LogP) is 2.62. The van der Waals surface area contributed by atoms with Crippen LogP contribution in [0.15, 0.2) is 48.5 Å². The number of methoxy groups -OCH3 is 1. The SMILES string of the molecule is COc1ccc(C(=O)[C@@H](C)OC(=O)c2ccc(CO)cc2)cc1. The van der Waals surface area contributed by atoms with Crippen LogP contribution in [0.4, 0.5) is 0 Å². The summed E-state index contributed by atoms with van der Waals surface area (Å²) in [6, 6.07) is 13.0. The molecule has 0 amide bonds. The van der Waals surface area contributed by atoms with Gasteiger partial charge in [0.05, 0.1) is 19.3 Å². The van der Waals surface area contributed by atoms with E-state index >= 15 is 0 Å². The van der Waals surface area contributed by atoms with E-state index < -0.39 is 12.1 Å². The first-order valence-electron chi connectivity index (χ1n) is 7.14. The van der Waals surface area contributed by atoms with Crippen LogP contribution in [-0.4, -0.2) is 30.1 Å². The number of rotatable bonds is 6. The Bertz CT molecular complexity index is 674. The third kappa shape index (κ3) is 4.17. The molecule has 0 saturated heterocycles. The van der Waals surface area contributed by atoms with Crippen LogP contribution in [0.3, 0.4) is 0 Å². The number of aliphatic hydroxyl groups is 1. The van der Waals surface area contributed by atoms with Gasteiger partial charge in [0.1, 0.15) is 5.75 Å². The Morgan fingerprint density at radius 3 is 2.09 bits per heavy atom. The van der Waals surface area contributed by atoms with Gasteiger partial charge in [0, 0.05) is 5.56 Å². The zero-order valence-corrected chi connectivity index (χ0v) is 13.0. The number of carbonyl (C=O) groups excluding carboxylic acids is 2. The highest BCUT2D eigenvalue weighted by atomic mass is 16.5. The molecule has 0 aliphatic rings. The molecule has 2 rings (SSSR count). The third-order valence-corrected chi connectivity index (χ3v) is 3.40. The zero-order valence-electron chi connectivity index (χ0n) is 13.0. The molecule has 0 aliphatic carbocycles. The number of carbonyl (C=O) groups is 2. The van der Waals surface area contributed by atoms with Crippen LogP contribution in [-0.2, 0) is 11.3 Å². The summed E-state index contributed by atoms with van der Waals surface area (Å²) in [6.45, 7) is 1.44. The summed E-state index contributed by atoms with van der Waals surface area (Å²) < 4.78 is 10.2. The lowest BCUT2D eigenvalue weighted by Crippen LogP contribution is -2.24. The molecule has 5 heteroatoms. The van der Waals surface area contributed by atoms with E-state index in [1.54, 1.807) is 55.6 Å². The molecule has 0 spiro atoms. The summed E-state index contributed by atoms with van der Waals surface area (Å²) in [5.41, 5.74) is 1.47. The van der Waals surface area contributed by atoms with Crippen molar-refractivity contribution in [3.63, 3.8) is 0 Å². The molecule has 0 radical (unpaired) electrons. The molecule has 1 atom stereocenters. The molecule has 120 valence electrons. The Morgan fingerprint density at radius 1 is 1.00 bits per heavy atom. The summed E-state index contributed by atoms with van der Waals surface area (Å²) in [5.74, 6) is -0.216. The van der Waals surface area contributed by atoms with Crippen LogP contribution in [0.2, 0.25) is 0 Å². The summed E-state index contributed by atoms with van der Waals surface area (Å²) in [6.07, 6.45) is -0.895. The van der Waals surface area contributed by atoms with Crippen molar-refractivity contribution >= 4 is 11.8 Å². The van der Waals surface area contributed by atoms with Crippen molar-refractivity contribution in [2.45, 2.75) is 19.6 Å². The average Bonchev–Trinajstić information content (AvgIpc) is 2.61. The van der Waals surface area contributed by atoms with Crippen LogP contribution < -0.4 is 4.74 Å². The number of hydrogen-bond donors (Lipinski definition) is 1. The first-order valence-corrected chi connectivity index (χ1v) is 7.14. The van der Waals surface area contributed by atoms with Crippen LogP contribution in [0.25, 0.3) is 0 Å². The minimum atomic E-state index is -0.895. The second-order valence-electron chi connectivity index (χ2n) is 5.00. The van der Waals surface area contributed by atoms with E-state index in [4.69, 9.17) is 14.6 Å². The highest BCUT2D eigenvalue weighted by Gasteiger charge is 2.20. The van der Waals surface area contributed by atoms with Gasteiger partial charge in [0.25, 0.3) is 0 Å². The van der Waals surface area contributed by atoms with Crippen molar-refractivity contribution in [1.82, 2.24) is 0 Å². The lowest BCUT2D eigenvalue weighted by Gasteiger charge is -2.13. The second kappa shape index (κ2) is 7.56. The molecular weight excluding hydrogens is 296 g/mol. The van der Waals surface area contributed by atoms with E-state index in [0.29, 0.717) is 22.4 Å². The molecule has 23 heavy (non-hydrogen) atoms. The Kier molecular flexibility index (Phi) is 5.49. The second-order valence-corrected chi connectivity index (χ2v) is 5.00. The molecule has 0 fully saturated rings. The van der Waals surface area contributed by atoms with Crippen LogP contribution in [0.5, 0.6) is 5.75 Å². The Hall–Kier alpha value is -2.66. The molecule has 1 N–H and O–H groups in total. The highest BCUT2D eigenvalue weighted by molar-refractivity contribution is 6.01. The highest BCUT2D eigenvalue weighted by Crippen LogP contribution is 2.15. The zero-order chi connectivity index (χ0) is 16.8. The normalized spacial score (nSPS) is 11.6. The Morgan fingerprint density at radius 2 is 1.57 bits per heavy atom. The number of esters is 1. The maximum absolute atomic E-state index is 12.3. The van der Waals surface area contributed by atoms with Gasteiger partial charge in [-0.3, -0.25) is 4.79 Å². The fourth-order valence-electron chi connectivity index (χ4n) is 2.02. The molecule has 2 aromatic rings. The van der Waals surface area contributed by atoms with E-state index in [2.05, 4.69) is 0 Å². The topological polar surface area (TPSA) is 72.8 Å². The van der Waals surface area contributed by atoms with E-state index in [0.717, 1.165) is 0 Å². The number of Topliss-reactive ketones (excluding diaryl/α,β-unsaturated/α-hetero) is 1. The van der Waals surface area contributed by atoms with Gasteiger partial charge in [0.2, 0.25) is 5.78 Å². The molecule has 0 aromatic heterocycles. The lowest BCUT2D eigenvalue weighted by molar-refractivity contribution is 0.0318. The summed E-state index contributed by atoms with van der Waals surface area (Å²) in [4.78, 5) is 24.3. The number of benzene rings is 2. The number of ether oxygens (including phenoxy) is 2. The van der Waals surface area contributed by atoms with E-state index in [-0.39, 0.29) is 12.4 Å². The average molecular weight is 314 g/mol. The van der Waals surface area contributed by atoms with Crippen molar-refractivity contribution in [1.29, 1.82) is 0 Å². The van der Waals surface area contributed by atoms with Gasteiger partial charge in [-0.05, 0) is 48.9 Å². The van der Waals surface area contributed by atoms with Crippen LogP contribution >= 0.6 is 0 Å². The van der Waals surface area contributed by atoms with Gasteiger partial charge in [-0.25, -0.2) is 4.79 Å². The largest absolute Gasteiger partial charge is 0.497 e. The first-order chi connectivity index (χ1) is 11.0. The van der Waals surface area contributed by atoms with Crippen LogP contribution in [0.1, 0.15) is 33.2 Å². The van der Waals surface area contributed by atoms with Crippen molar-refractivity contribution < 1.29 is 24.2 Å². The smallest absolute Gasteiger partial charge is 0.338 e. The lowest BCUT2D eigenvalue weighted by atomic mass is 10.1. The van der Waals surface area contributed by atoms with Gasteiger partial charge in [0.15, 0.2) is 6.10 Å². The fraction of sp³-hybridized carbons (Fsp3) is 0.222. The van der Waals surface area contributed by atoms with Gasteiger partial charge in [-0.1, -0.05) is 12.1 Å². The van der Waals surface area contributed by atoms with Crippen molar-refractivity contribution in [3.05, 3.63) is 65.2 Å². The summed E-state index contributed by atoms with van der Waals surface area (Å²) in [5, 5.41) is 8.98. The molecule has 0 unspecified atom stereocenters. The van der Waals surface area contributed by atoms with Crippen molar-refractivity contribution in [2.24, 2.45) is 0 Å². The predicted molar refractivity (Wildman–Crippen MR) is 84.6 cm³/mol. The summed E-state index contributed by atoms with van der Waals surface area (Å²) >= 11 is 0. The van der Waals surface area contributed by atoms with E-state index in [9.17, 15) is 9.59 Å². The molecule has 0 saturated carbocycles. The van der Waals surface area contributed by atoms with E-state index in [1.165, 1.54) is 6.92 Å². The Balaban J connectivity index is 2.02. The fourth-order valence-corrected chi connectivity index (χ4v) is 2.02. The van der Waals surface area contributed by atoms with Crippen LogP contribution in [0, 0.1) is 0 Å². The van der Waals surface area contributed by atoms with Gasteiger partial charge in [-0.2, -0.15) is 0 Å². The van der Waals surface area contributed by atoms with Crippen molar-refractivity contribution in [3.8, 4) is 5.75 Å². The van der Waals surface area contributed by atoms with E-state index in [1.807, 2.05) is 0 Å². The Labute approximate surface area is 134 Å². The molecule has 5 nitrogen and oxygen atoms in total. The number of ketones is 1. The molecule has 2 aromatic carbocycles. The monoisotopic (exact) mass is 314 g/mol. The van der Waals surface area contributed by atoms with Gasteiger partial charge < -0.3 is 14.6 Å². The third-order valence-electron chi connectivity index (χ3n) is 3.40.